The van der Waals surface area contributed by atoms with Crippen molar-refractivity contribution in [2.45, 2.75) is 26.2 Å². The molecule has 0 spiro atoms. The highest BCUT2D eigenvalue weighted by Gasteiger charge is 2.13. The number of rotatable bonds is 7. The number of fused-ring (bicyclic) bond motifs is 1. The monoisotopic (exact) mass is 443 g/mol. The van der Waals surface area contributed by atoms with Crippen LogP contribution in [0.2, 0.25) is 5.02 Å². The van der Waals surface area contributed by atoms with Gasteiger partial charge in [-0.1, -0.05) is 48.8 Å². The smallest absolute Gasteiger partial charge is 0.291 e. The lowest BCUT2D eigenvalue weighted by Gasteiger charge is -2.05. The second kappa shape index (κ2) is 8.93. The van der Waals surface area contributed by atoms with Crippen molar-refractivity contribution in [1.82, 2.24) is 14.6 Å². The largest absolute Gasteiger partial charge is 0.494 e. The van der Waals surface area contributed by atoms with Crippen LogP contribution in [0.4, 0.5) is 4.39 Å². The zero-order chi connectivity index (χ0) is 21.1. The molecular weight excluding hydrogens is 425 g/mol. The van der Waals surface area contributed by atoms with E-state index in [4.69, 9.17) is 16.3 Å². The van der Waals surface area contributed by atoms with Crippen LogP contribution in [0, 0.1) is 5.82 Å². The van der Waals surface area contributed by atoms with Crippen molar-refractivity contribution in [3.63, 3.8) is 0 Å². The van der Waals surface area contributed by atoms with E-state index in [0.717, 1.165) is 41.9 Å². The summed E-state index contributed by atoms with van der Waals surface area (Å²) in [7, 11) is 0. The van der Waals surface area contributed by atoms with Gasteiger partial charge in [0.25, 0.3) is 5.56 Å². The lowest BCUT2D eigenvalue weighted by Crippen LogP contribution is -2.23. The summed E-state index contributed by atoms with van der Waals surface area (Å²) < 4.78 is 21.3. The Morgan fingerprint density at radius 2 is 2.00 bits per heavy atom. The maximum absolute atomic E-state index is 14.0. The van der Waals surface area contributed by atoms with Crippen molar-refractivity contribution in [3.8, 4) is 17.1 Å². The summed E-state index contributed by atoms with van der Waals surface area (Å²) in [5, 5.41) is 4.56. The molecule has 0 radical (unpaired) electrons. The number of halogens is 2. The Balaban J connectivity index is 1.60. The van der Waals surface area contributed by atoms with Gasteiger partial charge in [-0.25, -0.2) is 4.39 Å². The van der Waals surface area contributed by atoms with E-state index in [1.165, 1.54) is 22.7 Å². The highest BCUT2D eigenvalue weighted by atomic mass is 35.5. The van der Waals surface area contributed by atoms with Gasteiger partial charge in [0.15, 0.2) is 5.82 Å². The molecule has 0 saturated heterocycles. The van der Waals surface area contributed by atoms with Crippen LogP contribution in [0.3, 0.4) is 0 Å². The molecular formula is C22H19ClFN3O2S. The van der Waals surface area contributed by atoms with Crippen LogP contribution in [-0.4, -0.2) is 21.2 Å². The number of nitrogens with zero attached hydrogens (tertiary/aromatic N) is 3. The first-order valence-corrected chi connectivity index (χ1v) is 10.8. The number of thiazole rings is 1. The predicted octanol–water partition coefficient (Wildman–Crippen LogP) is 4.73. The van der Waals surface area contributed by atoms with Crippen LogP contribution >= 0.6 is 22.9 Å². The van der Waals surface area contributed by atoms with Gasteiger partial charge in [-0.05, 0) is 48.9 Å². The molecule has 0 aliphatic heterocycles. The first-order valence-electron chi connectivity index (χ1n) is 9.65. The van der Waals surface area contributed by atoms with Gasteiger partial charge in [-0.15, -0.1) is 5.10 Å². The number of aromatic nitrogens is 3. The zero-order valence-electron chi connectivity index (χ0n) is 16.3. The molecule has 5 nitrogen and oxygen atoms in total. The van der Waals surface area contributed by atoms with E-state index < -0.39 is 5.82 Å². The molecule has 0 unspecified atom stereocenters. The molecule has 0 aliphatic rings. The molecule has 0 saturated carbocycles. The molecule has 4 aromatic rings. The molecule has 0 aliphatic carbocycles. The van der Waals surface area contributed by atoms with Gasteiger partial charge in [0, 0.05) is 11.1 Å². The average molecular weight is 444 g/mol. The van der Waals surface area contributed by atoms with Crippen molar-refractivity contribution < 1.29 is 9.13 Å². The number of benzene rings is 2. The average Bonchev–Trinajstić information content (AvgIpc) is 3.28. The van der Waals surface area contributed by atoms with Gasteiger partial charge in [-0.2, -0.15) is 9.50 Å². The molecule has 2 heterocycles. The van der Waals surface area contributed by atoms with Crippen molar-refractivity contribution in [2.75, 3.05) is 6.61 Å². The van der Waals surface area contributed by atoms with Crippen molar-refractivity contribution in [1.29, 1.82) is 0 Å². The quantitative estimate of drug-likeness (QED) is 0.387. The summed E-state index contributed by atoms with van der Waals surface area (Å²) in [6.45, 7) is 2.84. The van der Waals surface area contributed by atoms with E-state index in [1.807, 2.05) is 24.3 Å². The lowest BCUT2D eigenvalue weighted by molar-refractivity contribution is 0.306. The molecule has 2 aromatic heterocycles. The normalized spacial score (nSPS) is 12.0. The van der Waals surface area contributed by atoms with E-state index in [-0.39, 0.29) is 16.1 Å². The van der Waals surface area contributed by atoms with E-state index >= 15 is 0 Å². The molecule has 154 valence electrons. The van der Waals surface area contributed by atoms with Gasteiger partial charge in [-0.3, -0.25) is 4.79 Å². The second-order valence-electron chi connectivity index (χ2n) is 6.76. The molecule has 2 aromatic carbocycles. The Morgan fingerprint density at radius 1 is 1.20 bits per heavy atom. The fourth-order valence-electron chi connectivity index (χ4n) is 2.98. The van der Waals surface area contributed by atoms with E-state index in [9.17, 15) is 9.18 Å². The Hall–Kier alpha value is -2.77. The number of hydrogen-bond donors (Lipinski definition) is 0. The summed E-state index contributed by atoms with van der Waals surface area (Å²) in [4.78, 5) is 17.6. The Morgan fingerprint density at radius 3 is 2.70 bits per heavy atom. The molecule has 0 atom stereocenters. The number of unbranched alkanes of at least 4 members (excludes halogenated alkanes) is 2. The highest BCUT2D eigenvalue weighted by molar-refractivity contribution is 7.15. The van der Waals surface area contributed by atoms with Gasteiger partial charge < -0.3 is 4.74 Å². The summed E-state index contributed by atoms with van der Waals surface area (Å²) in [6, 6.07) is 11.9. The maximum Gasteiger partial charge on any atom is 0.291 e. The third kappa shape index (κ3) is 4.22. The summed E-state index contributed by atoms with van der Waals surface area (Å²) >= 11 is 7.19. The van der Waals surface area contributed by atoms with Crippen LogP contribution in [0.25, 0.3) is 22.4 Å². The molecule has 0 bridgehead atoms. The SMILES string of the molecule is CCCCCOc1ccc(-c2nc3s/c(=C\c4c(F)cccc4Cl)c(=O)n3n2)cc1. The maximum atomic E-state index is 14.0. The summed E-state index contributed by atoms with van der Waals surface area (Å²) in [6.07, 6.45) is 4.76. The van der Waals surface area contributed by atoms with Crippen LogP contribution < -0.4 is 14.8 Å². The minimum absolute atomic E-state index is 0.176. The molecule has 8 heteroatoms. The Bertz CT molecular complexity index is 1260. The lowest BCUT2D eigenvalue weighted by atomic mass is 10.2. The van der Waals surface area contributed by atoms with Gasteiger partial charge in [0.05, 0.1) is 16.2 Å². The molecule has 0 amide bonds. The minimum atomic E-state index is -0.487. The van der Waals surface area contributed by atoms with Crippen molar-refractivity contribution >= 4 is 34.0 Å². The highest BCUT2D eigenvalue weighted by Crippen LogP contribution is 2.22. The Labute approximate surface area is 181 Å². The second-order valence-corrected chi connectivity index (χ2v) is 8.18. The van der Waals surface area contributed by atoms with Crippen LogP contribution in [0.15, 0.2) is 47.3 Å². The Kier molecular flexibility index (Phi) is 6.11. The van der Waals surface area contributed by atoms with Gasteiger partial charge in [0.1, 0.15) is 11.6 Å². The zero-order valence-corrected chi connectivity index (χ0v) is 17.8. The van der Waals surface area contributed by atoms with E-state index in [0.29, 0.717) is 21.9 Å². The minimum Gasteiger partial charge on any atom is -0.494 e. The van der Waals surface area contributed by atoms with Crippen molar-refractivity contribution in [2.24, 2.45) is 0 Å². The molecule has 0 N–H and O–H groups in total. The number of hydrogen-bond acceptors (Lipinski definition) is 5. The van der Waals surface area contributed by atoms with Gasteiger partial charge >= 0.3 is 0 Å². The number of ether oxygens (including phenoxy) is 1. The van der Waals surface area contributed by atoms with Gasteiger partial charge in [0.2, 0.25) is 4.96 Å². The first-order chi connectivity index (χ1) is 14.6. The molecule has 4 rings (SSSR count). The topological polar surface area (TPSA) is 56.5 Å². The van der Waals surface area contributed by atoms with E-state index in [2.05, 4.69) is 17.0 Å². The fourth-order valence-corrected chi connectivity index (χ4v) is 4.09. The first kappa shape index (κ1) is 20.5. The molecule has 30 heavy (non-hydrogen) atoms. The van der Waals surface area contributed by atoms with E-state index in [1.54, 1.807) is 6.07 Å². The van der Waals surface area contributed by atoms with Crippen LogP contribution in [-0.2, 0) is 0 Å². The van der Waals surface area contributed by atoms with Crippen LogP contribution in [0.1, 0.15) is 31.7 Å². The predicted molar refractivity (Wildman–Crippen MR) is 118 cm³/mol. The third-order valence-corrected chi connectivity index (χ3v) is 5.87. The summed E-state index contributed by atoms with van der Waals surface area (Å²) in [5.74, 6) is 0.754. The standard InChI is InChI=1S/C22H19ClFN3O2S/c1-2-3-4-12-29-15-10-8-14(9-11-15)20-25-22-27(26-20)21(28)19(30-22)13-16-17(23)6-5-7-18(16)24/h5-11,13H,2-4,12H2,1H3/b19-13-. The van der Waals surface area contributed by atoms with Crippen LogP contribution in [0.5, 0.6) is 5.75 Å². The van der Waals surface area contributed by atoms with Crippen molar-refractivity contribution in [3.05, 3.63) is 73.8 Å². The third-order valence-electron chi connectivity index (χ3n) is 4.59. The summed E-state index contributed by atoms with van der Waals surface area (Å²) in [5.41, 5.74) is 0.605. The fraction of sp³-hybridized carbons (Fsp3) is 0.227. The molecule has 0 fully saturated rings.